The van der Waals surface area contributed by atoms with Crippen molar-refractivity contribution in [3.05, 3.63) is 68.4 Å². The Morgan fingerprint density at radius 1 is 0.862 bits per heavy atom. The van der Waals surface area contributed by atoms with E-state index in [-0.39, 0.29) is 7.92 Å². The Morgan fingerprint density at radius 2 is 1.72 bits per heavy atom. The van der Waals surface area contributed by atoms with Gasteiger partial charge < -0.3 is 0 Å². The highest BCUT2D eigenvalue weighted by atomic mass is 31.1. The van der Waals surface area contributed by atoms with E-state index in [9.17, 15) is 0 Å². The standard InChI is InChI=1S/C28H31P/c1-2-8-20(7-1)17-29-18-23-15-13-21-9-3-5-11-25(21)27(23)28-24(19-29)16-14-22-10-4-6-12-26(22)28/h3,5,9-14,16,20,23H,1-2,4,6-8,15,17-19H2. The van der Waals surface area contributed by atoms with Crippen LogP contribution < -0.4 is 20.9 Å². The van der Waals surface area contributed by atoms with Crippen LogP contribution >= 0.6 is 7.92 Å². The van der Waals surface area contributed by atoms with E-state index in [1.54, 1.807) is 21.9 Å². The van der Waals surface area contributed by atoms with Gasteiger partial charge in [-0.05, 0) is 87.2 Å². The van der Waals surface area contributed by atoms with Gasteiger partial charge in [0, 0.05) is 0 Å². The largest absolute Gasteiger partial charge is 0.101 e. The summed E-state index contributed by atoms with van der Waals surface area (Å²) in [6, 6.07) is 14.1. The molecule has 0 spiro atoms. The Balaban J connectivity index is 1.58. The summed E-state index contributed by atoms with van der Waals surface area (Å²) < 4.78 is 0. The maximum absolute atomic E-state index is 2.55. The molecule has 1 aliphatic heterocycles. The van der Waals surface area contributed by atoms with Crippen molar-refractivity contribution in [2.45, 2.75) is 51.1 Å². The lowest BCUT2D eigenvalue weighted by Gasteiger charge is -2.26. The third kappa shape index (κ3) is 3.25. The highest BCUT2D eigenvalue weighted by Crippen LogP contribution is 2.51. The van der Waals surface area contributed by atoms with Crippen molar-refractivity contribution in [1.29, 1.82) is 0 Å². The number of hydrogen-bond acceptors (Lipinski definition) is 0. The smallest absolute Gasteiger partial charge is 0.00665 e. The van der Waals surface area contributed by atoms with Gasteiger partial charge in [0.1, 0.15) is 0 Å². The minimum absolute atomic E-state index is 0.0929. The summed E-state index contributed by atoms with van der Waals surface area (Å²) >= 11 is 0. The van der Waals surface area contributed by atoms with E-state index >= 15 is 0 Å². The van der Waals surface area contributed by atoms with Crippen LogP contribution in [-0.2, 0) is 6.16 Å². The highest BCUT2D eigenvalue weighted by Gasteiger charge is 2.31. The average Bonchev–Trinajstić information content (AvgIpc) is 3.20. The minimum atomic E-state index is 0.0929. The van der Waals surface area contributed by atoms with Gasteiger partial charge in [-0.1, -0.05) is 80.3 Å². The van der Waals surface area contributed by atoms with E-state index in [4.69, 9.17) is 0 Å². The Hall–Kier alpha value is -1.65. The van der Waals surface area contributed by atoms with Crippen molar-refractivity contribution in [3.63, 3.8) is 0 Å². The first-order valence-corrected chi connectivity index (χ1v) is 13.6. The molecule has 0 saturated heterocycles. The maximum Gasteiger partial charge on any atom is -0.00665 e. The third-order valence-corrected chi connectivity index (χ3v) is 10.4. The summed E-state index contributed by atoms with van der Waals surface area (Å²) in [7, 11) is 0.0929. The number of hydrogen-bond donors (Lipinski definition) is 0. The van der Waals surface area contributed by atoms with E-state index < -0.39 is 0 Å². The average molecular weight is 399 g/mol. The summed E-state index contributed by atoms with van der Waals surface area (Å²) in [6.45, 7) is 0. The van der Waals surface area contributed by atoms with Gasteiger partial charge in [0.15, 0.2) is 0 Å². The molecule has 2 aromatic rings. The van der Waals surface area contributed by atoms with Crippen LogP contribution in [0.4, 0.5) is 0 Å². The van der Waals surface area contributed by atoms with Gasteiger partial charge in [0.2, 0.25) is 0 Å². The topological polar surface area (TPSA) is 0 Å². The summed E-state index contributed by atoms with van der Waals surface area (Å²) in [4.78, 5) is 0. The lowest BCUT2D eigenvalue weighted by Crippen LogP contribution is -2.38. The molecule has 0 nitrogen and oxygen atoms in total. The van der Waals surface area contributed by atoms with Crippen LogP contribution in [0.15, 0.2) is 36.4 Å². The second-order valence-corrected chi connectivity index (χ2v) is 12.0. The SMILES string of the molecule is C1=c2ccccc2=C2c3c(ccc4c3=CCCC=4)CP(CC3CCCC3)CC2C1. The Kier molecular flexibility index (Phi) is 4.73. The fourth-order valence-electron chi connectivity index (χ4n) is 6.34. The molecule has 0 amide bonds. The number of benzene rings is 2. The first kappa shape index (κ1) is 18.1. The van der Waals surface area contributed by atoms with E-state index in [2.05, 4.69) is 54.6 Å². The molecule has 6 rings (SSSR count). The van der Waals surface area contributed by atoms with Crippen LogP contribution in [0.2, 0.25) is 0 Å². The molecule has 148 valence electrons. The van der Waals surface area contributed by atoms with Crippen molar-refractivity contribution in [2.24, 2.45) is 11.8 Å². The van der Waals surface area contributed by atoms with Crippen LogP contribution in [0, 0.1) is 11.8 Å². The fourth-order valence-corrected chi connectivity index (χ4v) is 9.54. The first-order chi connectivity index (χ1) is 14.4. The van der Waals surface area contributed by atoms with Crippen molar-refractivity contribution in [2.75, 3.05) is 12.3 Å². The molecule has 2 atom stereocenters. The summed E-state index contributed by atoms with van der Waals surface area (Å²) in [5, 5.41) is 6.03. The molecule has 0 bridgehead atoms. The van der Waals surface area contributed by atoms with Gasteiger partial charge in [-0.15, -0.1) is 7.92 Å². The molecule has 1 fully saturated rings. The lowest BCUT2D eigenvalue weighted by atomic mass is 9.82. The van der Waals surface area contributed by atoms with Gasteiger partial charge in [-0.3, -0.25) is 0 Å². The summed E-state index contributed by atoms with van der Waals surface area (Å²) in [5.41, 5.74) is 4.99. The quantitative estimate of drug-likeness (QED) is 0.665. The van der Waals surface area contributed by atoms with Gasteiger partial charge in [-0.25, -0.2) is 0 Å². The molecule has 2 unspecified atom stereocenters. The van der Waals surface area contributed by atoms with Crippen molar-refractivity contribution in [3.8, 4) is 0 Å². The van der Waals surface area contributed by atoms with E-state index in [1.165, 1.54) is 79.1 Å². The number of rotatable bonds is 2. The lowest BCUT2D eigenvalue weighted by molar-refractivity contribution is 0.616. The van der Waals surface area contributed by atoms with E-state index in [1.807, 2.05) is 0 Å². The van der Waals surface area contributed by atoms with Crippen molar-refractivity contribution < 1.29 is 0 Å². The second-order valence-electron chi connectivity index (χ2n) is 9.57. The molecule has 0 radical (unpaired) electrons. The summed E-state index contributed by atoms with van der Waals surface area (Å²) in [6.07, 6.45) is 21.4. The molecule has 29 heavy (non-hydrogen) atoms. The molecule has 1 saturated carbocycles. The molecular weight excluding hydrogens is 367 g/mol. The molecule has 1 heterocycles. The minimum Gasteiger partial charge on any atom is -0.101 e. The molecule has 0 N–H and O–H groups in total. The molecule has 0 aromatic heterocycles. The van der Waals surface area contributed by atoms with Crippen LogP contribution in [0.5, 0.6) is 0 Å². The zero-order valence-corrected chi connectivity index (χ0v) is 18.3. The molecule has 2 aromatic carbocycles. The molecule has 4 aliphatic rings. The monoisotopic (exact) mass is 398 g/mol. The summed E-state index contributed by atoms with van der Waals surface area (Å²) in [5.74, 6) is 1.74. The van der Waals surface area contributed by atoms with Crippen molar-refractivity contribution >= 4 is 31.7 Å². The Morgan fingerprint density at radius 3 is 2.66 bits per heavy atom. The normalized spacial score (nSPS) is 25.4. The van der Waals surface area contributed by atoms with E-state index in [0.717, 1.165) is 11.8 Å². The van der Waals surface area contributed by atoms with Crippen LogP contribution in [-0.4, -0.2) is 12.3 Å². The van der Waals surface area contributed by atoms with Crippen molar-refractivity contribution in [1.82, 2.24) is 0 Å². The van der Waals surface area contributed by atoms with Gasteiger partial charge in [0.05, 0.1) is 0 Å². The Bertz CT molecular complexity index is 1180. The van der Waals surface area contributed by atoms with Crippen LogP contribution in [0.25, 0.3) is 23.8 Å². The predicted octanol–water partition coefficient (Wildman–Crippen LogP) is 4.23. The first-order valence-electron chi connectivity index (χ1n) is 11.7. The van der Waals surface area contributed by atoms with E-state index in [0.29, 0.717) is 0 Å². The van der Waals surface area contributed by atoms with Crippen LogP contribution in [0.1, 0.15) is 56.1 Å². The highest BCUT2D eigenvalue weighted by molar-refractivity contribution is 7.56. The van der Waals surface area contributed by atoms with Gasteiger partial charge >= 0.3 is 0 Å². The van der Waals surface area contributed by atoms with Gasteiger partial charge in [-0.2, -0.15) is 0 Å². The maximum atomic E-state index is 2.55. The second kappa shape index (κ2) is 7.55. The third-order valence-electron chi connectivity index (χ3n) is 7.66. The van der Waals surface area contributed by atoms with Gasteiger partial charge in [0.25, 0.3) is 0 Å². The Labute approximate surface area is 175 Å². The predicted molar refractivity (Wildman–Crippen MR) is 127 cm³/mol. The zero-order chi connectivity index (χ0) is 19.2. The number of fused-ring (bicyclic) bond motifs is 6. The molecule has 3 aliphatic carbocycles. The molecular formula is C28H31P. The van der Waals surface area contributed by atoms with Crippen LogP contribution in [0.3, 0.4) is 0 Å². The fraction of sp³-hybridized carbons (Fsp3) is 0.429. The zero-order valence-electron chi connectivity index (χ0n) is 17.4. The molecule has 1 heteroatoms.